The van der Waals surface area contributed by atoms with Crippen LogP contribution in [0.2, 0.25) is 0 Å². The summed E-state index contributed by atoms with van der Waals surface area (Å²) in [6, 6.07) is 2.65. The highest BCUT2D eigenvalue weighted by Crippen LogP contribution is 2.42. The molecule has 2 fully saturated rings. The molecule has 0 radical (unpaired) electrons. The molecule has 1 N–H and O–H groups in total. The molecule has 0 saturated carbocycles. The van der Waals surface area contributed by atoms with Crippen molar-refractivity contribution in [2.24, 2.45) is 0 Å². The van der Waals surface area contributed by atoms with Crippen LogP contribution in [0.5, 0.6) is 0 Å². The van der Waals surface area contributed by atoms with Crippen molar-refractivity contribution in [3.8, 4) is 0 Å². The molecule has 2 saturated heterocycles. The van der Waals surface area contributed by atoms with E-state index >= 15 is 0 Å². The molecular weight excluding hydrogens is 238 g/mol. The molecule has 88 valence electrons. The number of ether oxygens (including phenoxy) is 1. The zero-order chi connectivity index (χ0) is 10.8. The molecule has 1 unspecified atom stereocenters. The highest BCUT2D eigenvalue weighted by Gasteiger charge is 2.43. The molecule has 16 heavy (non-hydrogen) atoms. The Bertz CT molecular complexity index is 325. The highest BCUT2D eigenvalue weighted by atomic mass is 32.2. The van der Waals surface area contributed by atoms with E-state index in [1.54, 1.807) is 11.3 Å². The molecular formula is C12H17NOS2. The summed E-state index contributed by atoms with van der Waals surface area (Å²) in [5.41, 5.74) is 1.49. The fraction of sp³-hybridized carbons (Fsp3) is 0.667. The third kappa shape index (κ3) is 1.92. The molecule has 1 aromatic rings. The molecule has 0 amide bonds. The van der Waals surface area contributed by atoms with Gasteiger partial charge in [-0.25, -0.2) is 0 Å². The monoisotopic (exact) mass is 255 g/mol. The first kappa shape index (κ1) is 11.1. The third-order valence-electron chi connectivity index (χ3n) is 3.58. The van der Waals surface area contributed by atoms with E-state index in [-0.39, 0.29) is 5.60 Å². The van der Waals surface area contributed by atoms with E-state index in [9.17, 15) is 0 Å². The fourth-order valence-corrected chi connectivity index (χ4v) is 4.61. The van der Waals surface area contributed by atoms with Crippen LogP contribution in [0.25, 0.3) is 0 Å². The highest BCUT2D eigenvalue weighted by molar-refractivity contribution is 7.99. The van der Waals surface area contributed by atoms with Crippen LogP contribution < -0.4 is 5.32 Å². The number of morpholine rings is 1. The Kier molecular flexibility index (Phi) is 3.25. The van der Waals surface area contributed by atoms with Gasteiger partial charge < -0.3 is 10.1 Å². The number of hydrogen-bond donors (Lipinski definition) is 1. The van der Waals surface area contributed by atoms with Crippen LogP contribution in [-0.4, -0.2) is 30.3 Å². The number of nitrogens with one attached hydrogen (secondary N) is 1. The quantitative estimate of drug-likeness (QED) is 0.833. The molecule has 0 aliphatic carbocycles. The Hall–Kier alpha value is -0.0300. The molecule has 1 aromatic heterocycles. The summed E-state index contributed by atoms with van der Waals surface area (Å²) >= 11 is 3.84. The lowest BCUT2D eigenvalue weighted by atomic mass is 9.83. The van der Waals surface area contributed by atoms with Crippen LogP contribution in [-0.2, 0) is 4.74 Å². The van der Waals surface area contributed by atoms with Gasteiger partial charge in [-0.1, -0.05) is 0 Å². The van der Waals surface area contributed by atoms with Crippen LogP contribution in [0.15, 0.2) is 16.8 Å². The number of hydrogen-bond acceptors (Lipinski definition) is 4. The second kappa shape index (κ2) is 4.69. The molecule has 0 bridgehead atoms. The van der Waals surface area contributed by atoms with E-state index < -0.39 is 0 Å². The zero-order valence-electron chi connectivity index (χ0n) is 9.28. The molecule has 2 aliphatic rings. The Morgan fingerprint density at radius 1 is 1.38 bits per heavy atom. The van der Waals surface area contributed by atoms with E-state index in [0.29, 0.717) is 6.04 Å². The second-order valence-electron chi connectivity index (χ2n) is 4.47. The van der Waals surface area contributed by atoms with Crippen LogP contribution in [0.1, 0.15) is 24.4 Å². The molecule has 3 heterocycles. The zero-order valence-corrected chi connectivity index (χ0v) is 10.9. The summed E-state index contributed by atoms with van der Waals surface area (Å²) in [4.78, 5) is 0. The normalized spacial score (nSPS) is 29.4. The van der Waals surface area contributed by atoms with Gasteiger partial charge in [-0.3, -0.25) is 0 Å². The third-order valence-corrected chi connectivity index (χ3v) is 5.27. The van der Waals surface area contributed by atoms with Crippen LogP contribution in [0.4, 0.5) is 0 Å². The molecule has 3 rings (SSSR count). The van der Waals surface area contributed by atoms with Crippen molar-refractivity contribution in [1.29, 1.82) is 0 Å². The van der Waals surface area contributed by atoms with Gasteiger partial charge >= 0.3 is 0 Å². The van der Waals surface area contributed by atoms with Crippen molar-refractivity contribution in [3.05, 3.63) is 22.4 Å². The van der Waals surface area contributed by atoms with Crippen LogP contribution in [0.3, 0.4) is 0 Å². The van der Waals surface area contributed by atoms with Crippen molar-refractivity contribution in [1.82, 2.24) is 5.32 Å². The fourth-order valence-electron chi connectivity index (χ4n) is 2.74. The van der Waals surface area contributed by atoms with E-state index in [4.69, 9.17) is 4.74 Å². The van der Waals surface area contributed by atoms with Gasteiger partial charge in [0.1, 0.15) is 0 Å². The summed E-state index contributed by atoms with van der Waals surface area (Å²) < 4.78 is 6.17. The van der Waals surface area contributed by atoms with Gasteiger partial charge in [-0.05, 0) is 46.7 Å². The number of rotatable bonds is 1. The maximum atomic E-state index is 6.17. The molecule has 4 heteroatoms. The second-order valence-corrected chi connectivity index (χ2v) is 6.47. The molecule has 2 aliphatic heterocycles. The maximum absolute atomic E-state index is 6.17. The Morgan fingerprint density at radius 3 is 3.00 bits per heavy atom. The Morgan fingerprint density at radius 2 is 2.25 bits per heavy atom. The minimum atomic E-state index is 0.0740. The largest absolute Gasteiger partial charge is 0.372 e. The standard InChI is InChI=1S/C12H17NOS2/c1-6-16-9-10(1)11-12(14-5-4-13-11)2-7-15-8-3-12/h1,6,9,11,13H,2-5,7-8H2. The molecule has 1 atom stereocenters. The van der Waals surface area contributed by atoms with Crippen molar-refractivity contribution >= 4 is 23.1 Å². The summed E-state index contributed by atoms with van der Waals surface area (Å²) in [5, 5.41) is 8.08. The van der Waals surface area contributed by atoms with E-state index in [2.05, 4.69) is 33.9 Å². The summed E-state index contributed by atoms with van der Waals surface area (Å²) in [7, 11) is 0. The predicted molar refractivity (Wildman–Crippen MR) is 70.3 cm³/mol. The van der Waals surface area contributed by atoms with Crippen molar-refractivity contribution in [3.63, 3.8) is 0 Å². The minimum Gasteiger partial charge on any atom is -0.372 e. The van der Waals surface area contributed by atoms with Crippen molar-refractivity contribution < 1.29 is 4.74 Å². The van der Waals surface area contributed by atoms with Gasteiger partial charge in [0, 0.05) is 6.54 Å². The maximum Gasteiger partial charge on any atom is 0.0892 e. The summed E-state index contributed by atoms with van der Waals surface area (Å²) in [5.74, 6) is 2.48. The molecule has 1 spiro atoms. The lowest BCUT2D eigenvalue weighted by Crippen LogP contribution is -2.53. The Labute approximate surface area is 105 Å². The average Bonchev–Trinajstić information content (AvgIpc) is 2.84. The number of thioether (sulfide) groups is 1. The summed E-state index contributed by atoms with van der Waals surface area (Å²) in [6.07, 6.45) is 2.37. The van der Waals surface area contributed by atoms with Gasteiger partial charge in [0.2, 0.25) is 0 Å². The van der Waals surface area contributed by atoms with Gasteiger partial charge in [0.15, 0.2) is 0 Å². The SMILES string of the molecule is c1cc(C2NCCOC23CCSCC3)cs1. The smallest absolute Gasteiger partial charge is 0.0892 e. The van der Waals surface area contributed by atoms with E-state index in [0.717, 1.165) is 13.2 Å². The lowest BCUT2D eigenvalue weighted by Gasteiger charge is -2.46. The first-order valence-electron chi connectivity index (χ1n) is 5.88. The Balaban J connectivity index is 1.88. The molecule has 2 nitrogen and oxygen atoms in total. The van der Waals surface area contributed by atoms with E-state index in [1.807, 2.05) is 0 Å². The van der Waals surface area contributed by atoms with Gasteiger partial charge in [0.05, 0.1) is 18.2 Å². The van der Waals surface area contributed by atoms with Crippen molar-refractivity contribution in [2.75, 3.05) is 24.7 Å². The topological polar surface area (TPSA) is 21.3 Å². The van der Waals surface area contributed by atoms with Gasteiger partial charge in [-0.2, -0.15) is 23.1 Å². The van der Waals surface area contributed by atoms with Gasteiger partial charge in [-0.15, -0.1) is 0 Å². The lowest BCUT2D eigenvalue weighted by molar-refractivity contribution is -0.103. The van der Waals surface area contributed by atoms with Crippen LogP contribution >= 0.6 is 23.1 Å². The van der Waals surface area contributed by atoms with E-state index in [1.165, 1.54) is 29.9 Å². The van der Waals surface area contributed by atoms with Crippen molar-refractivity contribution in [2.45, 2.75) is 24.5 Å². The first-order valence-corrected chi connectivity index (χ1v) is 7.98. The van der Waals surface area contributed by atoms with Gasteiger partial charge in [0.25, 0.3) is 0 Å². The summed E-state index contributed by atoms with van der Waals surface area (Å²) in [6.45, 7) is 1.85. The molecule has 0 aromatic carbocycles. The average molecular weight is 255 g/mol. The first-order chi connectivity index (χ1) is 7.91. The minimum absolute atomic E-state index is 0.0740. The predicted octanol–water partition coefficient (Wildman–Crippen LogP) is 2.67. The van der Waals surface area contributed by atoms with Crippen LogP contribution in [0, 0.1) is 0 Å². The number of thiophene rings is 1.